The minimum absolute atomic E-state index is 0.0844. The fourth-order valence-electron chi connectivity index (χ4n) is 1.34. The molecule has 2 nitrogen and oxygen atoms in total. The highest BCUT2D eigenvalue weighted by Crippen LogP contribution is 2.32. The van der Waals surface area contributed by atoms with Gasteiger partial charge in [-0.15, -0.1) is 0 Å². The maximum absolute atomic E-state index is 9.52. The molecule has 0 amide bonds. The first-order chi connectivity index (χ1) is 6.34. The summed E-state index contributed by atoms with van der Waals surface area (Å²) in [5.41, 5.74) is 0. The van der Waals surface area contributed by atoms with E-state index in [9.17, 15) is 5.11 Å². The van der Waals surface area contributed by atoms with Crippen molar-refractivity contribution in [3.05, 3.63) is 0 Å². The largest absolute Gasteiger partial charge is 0.392 e. The summed E-state index contributed by atoms with van der Waals surface area (Å²) in [7, 11) is 0. The van der Waals surface area contributed by atoms with Crippen LogP contribution in [-0.2, 0) is 0 Å². The van der Waals surface area contributed by atoms with Crippen LogP contribution < -0.4 is 5.32 Å². The lowest BCUT2D eigenvalue weighted by molar-refractivity contribution is 0.149. The van der Waals surface area contributed by atoms with Crippen LogP contribution in [0.3, 0.4) is 0 Å². The van der Waals surface area contributed by atoms with E-state index in [4.69, 9.17) is 0 Å². The van der Waals surface area contributed by atoms with Crippen LogP contribution in [-0.4, -0.2) is 35.8 Å². The molecule has 1 fully saturated rings. The van der Waals surface area contributed by atoms with Crippen molar-refractivity contribution in [2.75, 3.05) is 24.6 Å². The molecule has 0 aromatic heterocycles. The molecular weight excluding hydrogens is 182 g/mol. The van der Waals surface area contributed by atoms with Crippen LogP contribution in [0.15, 0.2) is 0 Å². The third-order valence-electron chi connectivity index (χ3n) is 2.37. The molecule has 1 rings (SSSR count). The van der Waals surface area contributed by atoms with Crippen molar-refractivity contribution in [1.82, 2.24) is 5.32 Å². The molecule has 0 aromatic carbocycles. The zero-order chi connectivity index (χ0) is 9.52. The Kier molecular flexibility index (Phi) is 5.83. The second kappa shape index (κ2) is 6.68. The standard InChI is InChI=1S/C10H21NOS/c1-2-13-7-3-6-11-8-10(12)9-4-5-9/h9-12H,2-8H2,1H3. The predicted molar refractivity (Wildman–Crippen MR) is 59.2 cm³/mol. The van der Waals surface area contributed by atoms with Crippen LogP contribution in [0.2, 0.25) is 0 Å². The van der Waals surface area contributed by atoms with Crippen LogP contribution in [0.1, 0.15) is 26.2 Å². The van der Waals surface area contributed by atoms with Gasteiger partial charge in [-0.05, 0) is 43.2 Å². The zero-order valence-corrected chi connectivity index (χ0v) is 9.28. The highest BCUT2D eigenvalue weighted by molar-refractivity contribution is 7.99. The van der Waals surface area contributed by atoms with Crippen molar-refractivity contribution in [2.24, 2.45) is 5.92 Å². The SMILES string of the molecule is CCSCCCNCC(O)C1CC1. The van der Waals surface area contributed by atoms with Crippen LogP contribution >= 0.6 is 11.8 Å². The van der Waals surface area contributed by atoms with Gasteiger partial charge in [0.25, 0.3) is 0 Å². The Morgan fingerprint density at radius 1 is 1.54 bits per heavy atom. The van der Waals surface area contributed by atoms with E-state index in [0.717, 1.165) is 13.1 Å². The summed E-state index contributed by atoms with van der Waals surface area (Å²) in [6.07, 6.45) is 3.60. The minimum Gasteiger partial charge on any atom is -0.392 e. The van der Waals surface area contributed by atoms with E-state index in [1.807, 2.05) is 11.8 Å². The fourth-order valence-corrected chi connectivity index (χ4v) is 1.98. The van der Waals surface area contributed by atoms with E-state index in [0.29, 0.717) is 5.92 Å². The number of aliphatic hydroxyl groups excluding tert-OH is 1. The average molecular weight is 203 g/mol. The molecule has 0 radical (unpaired) electrons. The molecule has 0 saturated heterocycles. The number of thioether (sulfide) groups is 1. The first-order valence-electron chi connectivity index (χ1n) is 5.31. The van der Waals surface area contributed by atoms with E-state index >= 15 is 0 Å². The molecule has 0 aromatic rings. The van der Waals surface area contributed by atoms with Gasteiger partial charge in [0.05, 0.1) is 6.10 Å². The maximum Gasteiger partial charge on any atom is 0.0692 e. The van der Waals surface area contributed by atoms with Crippen molar-refractivity contribution in [3.8, 4) is 0 Å². The summed E-state index contributed by atoms with van der Waals surface area (Å²) in [5, 5.41) is 12.8. The summed E-state index contributed by atoms with van der Waals surface area (Å²) in [5.74, 6) is 3.06. The average Bonchev–Trinajstić information content (AvgIpc) is 2.93. The third-order valence-corrected chi connectivity index (χ3v) is 3.35. The van der Waals surface area contributed by atoms with Gasteiger partial charge in [0, 0.05) is 6.54 Å². The normalized spacial score (nSPS) is 18.9. The third kappa shape index (κ3) is 5.55. The highest BCUT2D eigenvalue weighted by atomic mass is 32.2. The molecule has 3 heteroatoms. The number of hydrogen-bond acceptors (Lipinski definition) is 3. The predicted octanol–water partition coefficient (Wildman–Crippen LogP) is 1.49. The van der Waals surface area contributed by atoms with Crippen LogP contribution in [0.25, 0.3) is 0 Å². The molecule has 1 unspecified atom stereocenters. The molecule has 1 atom stereocenters. The van der Waals surface area contributed by atoms with E-state index < -0.39 is 0 Å². The van der Waals surface area contributed by atoms with Gasteiger partial charge in [-0.1, -0.05) is 6.92 Å². The van der Waals surface area contributed by atoms with Crippen molar-refractivity contribution >= 4 is 11.8 Å². The molecule has 0 spiro atoms. The van der Waals surface area contributed by atoms with Gasteiger partial charge >= 0.3 is 0 Å². The topological polar surface area (TPSA) is 32.3 Å². The highest BCUT2D eigenvalue weighted by Gasteiger charge is 2.28. The molecule has 0 aliphatic heterocycles. The summed E-state index contributed by atoms with van der Waals surface area (Å²) in [6, 6.07) is 0. The Labute approximate surface area is 85.5 Å². The van der Waals surface area contributed by atoms with E-state index in [2.05, 4.69) is 12.2 Å². The zero-order valence-electron chi connectivity index (χ0n) is 8.46. The van der Waals surface area contributed by atoms with Crippen molar-refractivity contribution in [1.29, 1.82) is 0 Å². The molecule has 0 heterocycles. The Hall–Kier alpha value is 0.270. The minimum atomic E-state index is -0.0844. The Balaban J connectivity index is 1.77. The van der Waals surface area contributed by atoms with Crippen molar-refractivity contribution < 1.29 is 5.11 Å². The number of aliphatic hydroxyl groups is 1. The van der Waals surface area contributed by atoms with E-state index in [1.54, 1.807) is 0 Å². The quantitative estimate of drug-likeness (QED) is 0.586. The second-order valence-electron chi connectivity index (χ2n) is 3.66. The molecule has 13 heavy (non-hydrogen) atoms. The lowest BCUT2D eigenvalue weighted by atomic mass is 10.2. The summed E-state index contributed by atoms with van der Waals surface area (Å²) < 4.78 is 0. The monoisotopic (exact) mass is 203 g/mol. The Morgan fingerprint density at radius 3 is 2.92 bits per heavy atom. The van der Waals surface area contributed by atoms with Crippen LogP contribution in [0.5, 0.6) is 0 Å². The first-order valence-corrected chi connectivity index (χ1v) is 6.46. The molecule has 1 saturated carbocycles. The molecule has 1 aliphatic rings. The van der Waals surface area contributed by atoms with Gasteiger partial charge in [-0.2, -0.15) is 11.8 Å². The number of hydrogen-bond donors (Lipinski definition) is 2. The maximum atomic E-state index is 9.52. The summed E-state index contributed by atoms with van der Waals surface area (Å²) in [6.45, 7) is 4.03. The lowest BCUT2D eigenvalue weighted by Gasteiger charge is -2.09. The first kappa shape index (κ1) is 11.3. The van der Waals surface area contributed by atoms with Crippen LogP contribution in [0, 0.1) is 5.92 Å². The Morgan fingerprint density at radius 2 is 2.31 bits per heavy atom. The van der Waals surface area contributed by atoms with Gasteiger partial charge in [0.15, 0.2) is 0 Å². The van der Waals surface area contributed by atoms with E-state index in [-0.39, 0.29) is 6.10 Å². The molecule has 78 valence electrons. The van der Waals surface area contributed by atoms with Gasteiger partial charge < -0.3 is 10.4 Å². The molecule has 0 bridgehead atoms. The number of nitrogens with one attached hydrogen (secondary N) is 1. The van der Waals surface area contributed by atoms with Gasteiger partial charge in [0.2, 0.25) is 0 Å². The summed E-state index contributed by atoms with van der Waals surface area (Å²) in [4.78, 5) is 0. The smallest absolute Gasteiger partial charge is 0.0692 e. The second-order valence-corrected chi connectivity index (χ2v) is 5.05. The van der Waals surface area contributed by atoms with Crippen molar-refractivity contribution in [3.63, 3.8) is 0 Å². The molecule has 1 aliphatic carbocycles. The lowest BCUT2D eigenvalue weighted by Crippen LogP contribution is -2.29. The van der Waals surface area contributed by atoms with Gasteiger partial charge in [-0.3, -0.25) is 0 Å². The fraction of sp³-hybridized carbons (Fsp3) is 1.00. The van der Waals surface area contributed by atoms with Gasteiger partial charge in [0.1, 0.15) is 0 Å². The van der Waals surface area contributed by atoms with Crippen LogP contribution in [0.4, 0.5) is 0 Å². The van der Waals surface area contributed by atoms with Gasteiger partial charge in [-0.25, -0.2) is 0 Å². The van der Waals surface area contributed by atoms with E-state index in [1.165, 1.54) is 30.8 Å². The summed E-state index contributed by atoms with van der Waals surface area (Å²) >= 11 is 1.98. The van der Waals surface area contributed by atoms with Crippen molar-refractivity contribution in [2.45, 2.75) is 32.3 Å². The molecular formula is C10H21NOS. The number of rotatable bonds is 8. The molecule has 2 N–H and O–H groups in total. The Bertz CT molecular complexity index is 128.